The first-order valence-electron chi connectivity index (χ1n) is 6.27. The Bertz CT molecular complexity index is 664. The molecule has 0 aliphatic rings. The lowest BCUT2D eigenvalue weighted by Crippen LogP contribution is -2.39. The quantitative estimate of drug-likeness (QED) is 0.546. The summed E-state index contributed by atoms with van der Waals surface area (Å²) in [5, 5.41) is 1.36. The van der Waals surface area contributed by atoms with Crippen molar-refractivity contribution in [3.8, 4) is 23.8 Å². The maximum absolute atomic E-state index is 5.40. The van der Waals surface area contributed by atoms with Crippen LogP contribution in [0.5, 0.6) is 0 Å². The van der Waals surface area contributed by atoms with Crippen molar-refractivity contribution >= 4 is 13.3 Å². The monoisotopic (exact) mass is 260 g/mol. The Balaban J connectivity index is 2.31. The van der Waals surface area contributed by atoms with Crippen LogP contribution in [-0.4, -0.2) is 8.07 Å². The van der Waals surface area contributed by atoms with Crippen LogP contribution in [0.25, 0.3) is 0 Å². The van der Waals surface area contributed by atoms with E-state index in [2.05, 4.69) is 54.7 Å². The molecule has 0 N–H and O–H groups in total. The molecule has 0 saturated carbocycles. The zero-order chi connectivity index (χ0) is 13.7. The van der Waals surface area contributed by atoms with Crippen molar-refractivity contribution in [2.45, 2.75) is 13.1 Å². The minimum absolute atomic E-state index is 0.881. The molecule has 92 valence electrons. The Morgan fingerprint density at radius 1 is 0.895 bits per heavy atom. The van der Waals surface area contributed by atoms with Gasteiger partial charge in [-0.2, -0.15) is 0 Å². The van der Waals surface area contributed by atoms with Gasteiger partial charge in [-0.25, -0.2) is 0 Å². The zero-order valence-electron chi connectivity index (χ0n) is 11.3. The molecule has 2 aromatic rings. The van der Waals surface area contributed by atoms with Crippen molar-refractivity contribution in [3.63, 3.8) is 0 Å². The normalized spacial score (nSPS) is 10.2. The van der Waals surface area contributed by atoms with Crippen molar-refractivity contribution in [1.29, 1.82) is 0 Å². The first-order chi connectivity index (χ1) is 9.12. The lowest BCUT2D eigenvalue weighted by atomic mass is 10.1. The Morgan fingerprint density at radius 3 is 2.26 bits per heavy atom. The summed E-state index contributed by atoms with van der Waals surface area (Å²) in [5.41, 5.74) is 5.34. The van der Waals surface area contributed by atoms with Gasteiger partial charge in [0.25, 0.3) is 0 Å². The van der Waals surface area contributed by atoms with Crippen molar-refractivity contribution < 1.29 is 0 Å². The van der Waals surface area contributed by atoms with E-state index in [4.69, 9.17) is 6.42 Å². The maximum Gasteiger partial charge on any atom is 0.163 e. The number of benzene rings is 2. The van der Waals surface area contributed by atoms with Crippen molar-refractivity contribution in [2.24, 2.45) is 0 Å². The van der Waals surface area contributed by atoms with E-state index < -0.39 is 8.07 Å². The number of rotatable bonds is 1. The molecule has 0 saturated heterocycles. The zero-order valence-corrected chi connectivity index (χ0v) is 12.3. The Hall–Kier alpha value is -2.22. The smallest absolute Gasteiger partial charge is 0.121 e. The molecule has 0 amide bonds. The predicted octanol–water partition coefficient (Wildman–Crippen LogP) is 3.17. The Labute approximate surface area is 116 Å². The summed E-state index contributed by atoms with van der Waals surface area (Å²) >= 11 is 0. The van der Waals surface area contributed by atoms with Crippen LogP contribution in [0.4, 0.5) is 0 Å². The maximum atomic E-state index is 5.40. The van der Waals surface area contributed by atoms with E-state index in [0.29, 0.717) is 0 Å². The van der Waals surface area contributed by atoms with E-state index in [-0.39, 0.29) is 0 Å². The molecule has 1 heteroatoms. The molecule has 0 nitrogen and oxygen atoms in total. The molecule has 0 radical (unpaired) electrons. The van der Waals surface area contributed by atoms with E-state index in [1.54, 1.807) is 0 Å². The lowest BCUT2D eigenvalue weighted by Gasteiger charge is -2.14. The van der Waals surface area contributed by atoms with Gasteiger partial charge in [0.15, 0.2) is 8.07 Å². The minimum Gasteiger partial charge on any atom is -0.121 e. The largest absolute Gasteiger partial charge is 0.163 e. The third-order valence-electron chi connectivity index (χ3n) is 3.04. The highest BCUT2D eigenvalue weighted by atomic mass is 28.3. The van der Waals surface area contributed by atoms with Crippen LogP contribution in [0.15, 0.2) is 54.6 Å². The summed E-state index contributed by atoms with van der Waals surface area (Å²) in [6.07, 6.45) is 5.40. The van der Waals surface area contributed by atoms with Gasteiger partial charge in [0.05, 0.1) is 0 Å². The van der Waals surface area contributed by atoms with Gasteiger partial charge >= 0.3 is 0 Å². The van der Waals surface area contributed by atoms with E-state index >= 15 is 0 Å². The van der Waals surface area contributed by atoms with Crippen LogP contribution in [-0.2, 0) is 0 Å². The molecule has 0 bridgehead atoms. The summed E-state index contributed by atoms with van der Waals surface area (Å²) in [6.45, 7) is 4.53. The van der Waals surface area contributed by atoms with Gasteiger partial charge in [-0.15, -0.1) is 12.0 Å². The predicted molar refractivity (Wildman–Crippen MR) is 84.8 cm³/mol. The third kappa shape index (κ3) is 3.38. The van der Waals surface area contributed by atoms with Gasteiger partial charge < -0.3 is 0 Å². The second-order valence-corrected chi connectivity index (χ2v) is 9.04. The molecule has 0 unspecified atom stereocenters. The summed E-state index contributed by atoms with van der Waals surface area (Å²) in [5.74, 6) is 5.91. The molecule has 0 fully saturated rings. The highest BCUT2D eigenvalue weighted by molar-refractivity contribution is 6.96. The summed E-state index contributed by atoms with van der Waals surface area (Å²) in [6, 6.07) is 18.4. The summed E-state index contributed by atoms with van der Waals surface area (Å²) in [4.78, 5) is 0. The van der Waals surface area contributed by atoms with E-state index in [9.17, 15) is 0 Å². The van der Waals surface area contributed by atoms with Crippen LogP contribution in [0.2, 0.25) is 13.1 Å². The van der Waals surface area contributed by atoms with Gasteiger partial charge in [0.1, 0.15) is 0 Å². The van der Waals surface area contributed by atoms with Gasteiger partial charge in [-0.3, -0.25) is 0 Å². The second kappa shape index (κ2) is 5.61. The number of hydrogen-bond acceptors (Lipinski definition) is 0. The lowest BCUT2D eigenvalue weighted by molar-refractivity contribution is 1.60. The average molecular weight is 260 g/mol. The SMILES string of the molecule is C#Cc1cccc(C#C[Si](C)(C)c2ccccc2)c1. The van der Waals surface area contributed by atoms with E-state index in [0.717, 1.165) is 11.1 Å². The average Bonchev–Trinajstić information content (AvgIpc) is 2.46. The topological polar surface area (TPSA) is 0 Å². The summed E-state index contributed by atoms with van der Waals surface area (Å²) in [7, 11) is -1.70. The number of terminal acetylenes is 1. The van der Waals surface area contributed by atoms with Crippen LogP contribution < -0.4 is 5.19 Å². The minimum atomic E-state index is -1.70. The Morgan fingerprint density at radius 2 is 1.58 bits per heavy atom. The van der Waals surface area contributed by atoms with Crippen molar-refractivity contribution in [1.82, 2.24) is 0 Å². The second-order valence-electron chi connectivity index (χ2n) is 4.97. The van der Waals surface area contributed by atoms with Crippen LogP contribution in [0.1, 0.15) is 11.1 Å². The van der Waals surface area contributed by atoms with Gasteiger partial charge in [-0.05, 0) is 23.4 Å². The summed E-state index contributed by atoms with van der Waals surface area (Å²) < 4.78 is 0. The van der Waals surface area contributed by atoms with Crippen LogP contribution in [0, 0.1) is 23.8 Å². The molecule has 2 aromatic carbocycles. The fraction of sp³-hybridized carbons (Fsp3) is 0.111. The Kier molecular flexibility index (Phi) is 3.90. The van der Waals surface area contributed by atoms with Crippen LogP contribution in [0.3, 0.4) is 0 Å². The molecular weight excluding hydrogens is 244 g/mol. The van der Waals surface area contributed by atoms with Crippen LogP contribution >= 0.6 is 0 Å². The van der Waals surface area contributed by atoms with E-state index in [1.165, 1.54) is 5.19 Å². The van der Waals surface area contributed by atoms with Gasteiger partial charge in [0.2, 0.25) is 0 Å². The fourth-order valence-corrected chi connectivity index (χ4v) is 3.47. The molecule has 0 heterocycles. The molecule has 2 rings (SSSR count). The molecular formula is C18H16Si. The first kappa shape index (κ1) is 13.2. The number of hydrogen-bond donors (Lipinski definition) is 0. The highest BCUT2D eigenvalue weighted by Gasteiger charge is 2.20. The standard InChI is InChI=1S/C18H16Si/c1-4-16-9-8-10-17(15-16)13-14-19(2,3)18-11-6-5-7-12-18/h1,5-12,15H,2-3H3. The molecule has 0 aromatic heterocycles. The molecule has 19 heavy (non-hydrogen) atoms. The van der Waals surface area contributed by atoms with Gasteiger partial charge in [-0.1, -0.05) is 61.3 Å². The molecule has 0 aliphatic carbocycles. The molecule has 0 spiro atoms. The molecule has 0 aliphatic heterocycles. The fourth-order valence-electron chi connectivity index (χ4n) is 1.84. The van der Waals surface area contributed by atoms with E-state index in [1.807, 2.05) is 30.3 Å². The van der Waals surface area contributed by atoms with Gasteiger partial charge in [0, 0.05) is 11.1 Å². The molecule has 0 atom stereocenters. The first-order valence-corrected chi connectivity index (χ1v) is 9.27. The third-order valence-corrected chi connectivity index (χ3v) is 5.57. The van der Waals surface area contributed by atoms with Crippen molar-refractivity contribution in [3.05, 3.63) is 65.7 Å². The highest BCUT2D eigenvalue weighted by Crippen LogP contribution is 2.05. The van der Waals surface area contributed by atoms with Crippen molar-refractivity contribution in [2.75, 3.05) is 0 Å².